The molecule has 2 aromatic carbocycles. The third-order valence-electron chi connectivity index (χ3n) is 16.6. The summed E-state index contributed by atoms with van der Waals surface area (Å²) < 4.78 is 47.0. The van der Waals surface area contributed by atoms with Crippen molar-refractivity contribution in [3.63, 3.8) is 0 Å². The smallest absolute Gasteiger partial charge is 0.341 e. The van der Waals surface area contributed by atoms with Crippen molar-refractivity contribution in [3.05, 3.63) is 104 Å². The van der Waals surface area contributed by atoms with E-state index in [0.717, 1.165) is 25.2 Å². The number of carboxylic acids is 1. The fourth-order valence-electron chi connectivity index (χ4n) is 11.6. The van der Waals surface area contributed by atoms with Gasteiger partial charge in [-0.2, -0.15) is 0 Å². The van der Waals surface area contributed by atoms with Crippen LogP contribution in [-0.2, 0) is 28.6 Å². The molecule has 3 aromatic rings. The zero-order valence-electron chi connectivity index (χ0n) is 46.5. The van der Waals surface area contributed by atoms with Gasteiger partial charge in [0.05, 0.1) is 71.2 Å². The summed E-state index contributed by atoms with van der Waals surface area (Å²) in [4.78, 5) is 113. The number of pyridine rings is 1. The zero-order chi connectivity index (χ0) is 59.0. The normalized spacial score (nSPS) is 29.0. The lowest BCUT2D eigenvalue weighted by Gasteiger charge is -2.45. The molecule has 0 radical (unpaired) electrons. The number of Topliss-reactive ketones (excluding diaryl/α,β-unsaturated/α-hetero) is 3. The Morgan fingerprint density at radius 1 is 0.889 bits per heavy atom. The van der Waals surface area contributed by atoms with E-state index in [1.807, 2.05) is 0 Å². The lowest BCUT2D eigenvalue weighted by molar-refractivity contribution is -0.160. The number of likely N-dealkylation sites (tertiary alicyclic amines) is 1. The van der Waals surface area contributed by atoms with Crippen LogP contribution in [0.5, 0.6) is 17.2 Å². The molecule has 0 unspecified atom stereocenters. The number of phenolic OH excluding ortho intramolecular Hbond substituents is 1. The largest absolute Gasteiger partial charge is 0.507 e. The Kier molecular flexibility index (Phi) is 15.6. The van der Waals surface area contributed by atoms with Gasteiger partial charge in [-0.05, 0) is 38.8 Å². The average molecular weight is 1120 g/mol. The van der Waals surface area contributed by atoms with E-state index >= 15 is 9.18 Å². The number of hydrogen-bond acceptors (Lipinski definition) is 18. The van der Waals surface area contributed by atoms with Gasteiger partial charge in [0.1, 0.15) is 40.2 Å². The number of ether oxygens (including phenoxy) is 5. The van der Waals surface area contributed by atoms with E-state index in [9.17, 15) is 54.0 Å². The number of aliphatic hydroxyl groups is 2. The number of carbonyl (C=O) groups is 7. The van der Waals surface area contributed by atoms with Crippen LogP contribution < -0.4 is 30.4 Å². The van der Waals surface area contributed by atoms with Crippen LogP contribution in [0.4, 0.5) is 10.1 Å². The van der Waals surface area contributed by atoms with Gasteiger partial charge in [0.15, 0.2) is 11.6 Å². The first-order valence-electron chi connectivity index (χ1n) is 26.8. The van der Waals surface area contributed by atoms with E-state index in [0.29, 0.717) is 0 Å². The maximum Gasteiger partial charge on any atom is 0.341 e. The molecule has 5 aliphatic heterocycles. The first kappa shape index (κ1) is 57.8. The van der Waals surface area contributed by atoms with Gasteiger partial charge in [-0.25, -0.2) is 9.18 Å². The number of nitrogens with zero attached hydrogens (tertiary/aromatic N) is 3. The number of esters is 1. The minimum absolute atomic E-state index is 0.0276. The van der Waals surface area contributed by atoms with Crippen molar-refractivity contribution >= 4 is 57.7 Å². The number of halogens is 1. The van der Waals surface area contributed by atoms with E-state index in [1.165, 1.54) is 71.2 Å². The minimum Gasteiger partial charge on any atom is -0.507 e. The number of rotatable bonds is 9. The summed E-state index contributed by atoms with van der Waals surface area (Å²) in [5.74, 6) is -13.8. The molecule has 9 atom stereocenters. The van der Waals surface area contributed by atoms with Crippen molar-refractivity contribution in [2.24, 2.45) is 29.6 Å². The zero-order valence-corrected chi connectivity index (χ0v) is 46.5. The summed E-state index contributed by atoms with van der Waals surface area (Å²) in [5, 5.41) is 50.0. The lowest BCUT2D eigenvalue weighted by atomic mass is 9.78. The molecular formula is C58H66FN5O17. The number of aromatic nitrogens is 1. The van der Waals surface area contributed by atoms with Gasteiger partial charge in [0.25, 0.3) is 11.7 Å². The van der Waals surface area contributed by atoms with Crippen LogP contribution in [0.25, 0.3) is 10.9 Å². The molecule has 2 saturated heterocycles. The first-order chi connectivity index (χ1) is 38.2. The number of aromatic carboxylic acids is 1. The highest BCUT2D eigenvalue weighted by molar-refractivity contribution is 6.32. The number of allylic oxidation sites excluding steroid dienone is 4. The van der Waals surface area contributed by atoms with Crippen LogP contribution in [0.2, 0.25) is 0 Å². The van der Waals surface area contributed by atoms with Gasteiger partial charge in [-0.3, -0.25) is 33.6 Å². The summed E-state index contributed by atoms with van der Waals surface area (Å²) >= 11 is 0. The maximum atomic E-state index is 16.0. The third-order valence-corrected chi connectivity index (χ3v) is 16.6. The summed E-state index contributed by atoms with van der Waals surface area (Å²) in [6, 6.07) is 0.377. The molecule has 22 nitrogen and oxygen atoms in total. The minimum atomic E-state index is -2.20. The number of methoxy groups -OCH3 is 2. The first-order valence-corrected chi connectivity index (χ1v) is 26.8. The van der Waals surface area contributed by atoms with E-state index in [1.54, 1.807) is 43.2 Å². The average Bonchev–Trinajstić information content (AvgIpc) is 2.25. The number of aromatic hydroxyl groups is 1. The van der Waals surface area contributed by atoms with Crippen LogP contribution in [0.15, 0.2) is 64.6 Å². The molecule has 0 spiro atoms. The van der Waals surface area contributed by atoms with E-state index in [4.69, 9.17) is 23.7 Å². The Hall–Kier alpha value is -7.89. The predicted octanol–water partition coefficient (Wildman–Crippen LogP) is 4.39. The Morgan fingerprint density at radius 3 is 2.19 bits per heavy atom. The Morgan fingerprint density at radius 2 is 1.57 bits per heavy atom. The molecule has 2 aliphatic carbocycles. The number of benzene rings is 2. The number of phenols is 1. The summed E-state index contributed by atoms with van der Waals surface area (Å²) in [5.41, 5.74) is -3.51. The summed E-state index contributed by atoms with van der Waals surface area (Å²) in [7, 11) is 2.71. The molecule has 2 amide bonds. The number of carbonyl (C=O) groups excluding carboxylic acids is 6. The van der Waals surface area contributed by atoms with Crippen LogP contribution >= 0.6 is 0 Å². The summed E-state index contributed by atoms with van der Waals surface area (Å²) in [6.07, 6.45) is 5.57. The van der Waals surface area contributed by atoms with Crippen LogP contribution in [0.1, 0.15) is 114 Å². The van der Waals surface area contributed by atoms with E-state index < -0.39 is 146 Å². The van der Waals surface area contributed by atoms with Gasteiger partial charge >= 0.3 is 17.7 Å². The van der Waals surface area contributed by atoms with Gasteiger partial charge < -0.3 is 69.1 Å². The molecule has 6 heterocycles. The number of anilines is 1. The molecule has 23 heteroatoms. The number of hydrogen-bond donors (Lipinski definition) is 6. The molecular weight excluding hydrogens is 1060 g/mol. The summed E-state index contributed by atoms with van der Waals surface area (Å²) in [6.45, 7) is 11.9. The standard InChI is InChI=1S/C58H66FN5O17/c1-24-12-11-13-25(2)55(73)61-41-44(62-19-31(20-62)56(74)60-32-21-63(22-32)43-36(59)18-34-42(53(43)78-10)64(33-14-15-33)23-35(48(34)69)57(75)76)50(71)38-39(49(41)70)47(68)29(6)52-40(38)54(72)58(8,81-52)79-17-16-37(77-9)26(3)51(80-30(7)65)28(5)46(67)27(4)45(24)66/h11-13,16-18,23-24,26-28,31-33,37,45-46,51,66-68H,14-15,19-22H2,1-10H3,(H,60,74)(H,61,73)(H,75,76)/b12-11+,17-16+,25-13-/t24-,26+,27+,28+,37-,45-,46+,51+,58-/m0/s1. The molecule has 7 aliphatic rings. The molecule has 81 heavy (non-hydrogen) atoms. The lowest BCUT2D eigenvalue weighted by Crippen LogP contribution is -2.63. The number of aliphatic hydroxyl groups excluding tert-OH is 2. The number of amides is 2. The highest BCUT2D eigenvalue weighted by atomic mass is 19.1. The van der Waals surface area contributed by atoms with Gasteiger partial charge in [0.2, 0.25) is 22.9 Å². The Balaban J connectivity index is 1.01. The molecule has 1 saturated carbocycles. The second-order valence-corrected chi connectivity index (χ2v) is 22.2. The van der Waals surface area contributed by atoms with Crippen molar-refractivity contribution in [1.82, 2.24) is 20.1 Å². The van der Waals surface area contributed by atoms with Crippen molar-refractivity contribution < 1.29 is 82.1 Å². The van der Waals surface area contributed by atoms with Crippen molar-refractivity contribution in [2.45, 2.75) is 111 Å². The quantitative estimate of drug-likeness (QED) is 0.162. The maximum absolute atomic E-state index is 16.0. The predicted molar refractivity (Wildman–Crippen MR) is 287 cm³/mol. The molecule has 5 bridgehead atoms. The van der Waals surface area contributed by atoms with Crippen LogP contribution in [0, 0.1) is 42.3 Å². The van der Waals surface area contributed by atoms with Gasteiger partial charge in [-0.1, -0.05) is 45.9 Å². The van der Waals surface area contributed by atoms with Crippen molar-refractivity contribution in [3.8, 4) is 17.2 Å². The number of nitrogens with one attached hydrogen (secondary N) is 2. The fraction of sp³-hybridized carbons (Fsp3) is 0.483. The molecule has 6 N–H and O–H groups in total. The molecule has 3 fully saturated rings. The molecule has 1 aromatic heterocycles. The Bertz CT molecular complexity index is 3380. The Labute approximate surface area is 464 Å². The molecule has 432 valence electrons. The highest BCUT2D eigenvalue weighted by Crippen LogP contribution is 2.50. The number of carboxylic acid groups (broad SMARTS) is 1. The van der Waals surface area contributed by atoms with Crippen molar-refractivity contribution in [1.29, 1.82) is 0 Å². The van der Waals surface area contributed by atoms with Crippen molar-refractivity contribution in [2.75, 3.05) is 45.3 Å². The second kappa shape index (κ2) is 21.9. The fourth-order valence-corrected chi connectivity index (χ4v) is 11.6. The highest BCUT2D eigenvalue weighted by Gasteiger charge is 2.54. The second-order valence-electron chi connectivity index (χ2n) is 22.2. The monoisotopic (exact) mass is 1120 g/mol. The van der Waals surface area contributed by atoms with Crippen LogP contribution in [-0.4, -0.2) is 148 Å². The van der Waals surface area contributed by atoms with E-state index in [2.05, 4.69) is 10.6 Å². The topological polar surface area (TPSA) is 299 Å². The van der Waals surface area contributed by atoms with Gasteiger partial charge in [-0.15, -0.1) is 0 Å². The molecule has 10 rings (SSSR count). The van der Waals surface area contributed by atoms with E-state index in [-0.39, 0.29) is 82.7 Å². The van der Waals surface area contributed by atoms with Gasteiger partial charge in [0, 0.05) is 94.2 Å². The number of ketones is 3. The number of fused-ring (bicyclic) bond motifs is 15. The SMILES string of the molecule is COc1c(N2CC(NC(=O)C3CN(C4=C5NC(=O)/C(C)=C\C=C\[C@H](C)[C@H](O)[C@@H](C)[C@@H](O)[C@@H](C)[C@H](OC(C)=O)[C@H](C)[C@@H](OC)/C=C/O[C@@]6(C)Oc7c(C)c(O)c(c(c7C6=O)C4=O)C5=O)C3)C2)c(F)cc2c(=O)c(C(=O)O)cn(C3CC3)c12. The van der Waals surface area contributed by atoms with Crippen LogP contribution in [0.3, 0.4) is 0 Å². The third kappa shape index (κ3) is 10.1.